The molecule has 0 aliphatic rings. The molecule has 0 saturated carbocycles. The SMILES string of the molecule is C/C(C(=O)O)=C(/C)c1ccc(F)cn1. The highest BCUT2D eigenvalue weighted by molar-refractivity contribution is 5.94. The quantitative estimate of drug-likeness (QED) is 0.735. The molecule has 0 atom stereocenters. The van der Waals surface area contributed by atoms with Gasteiger partial charge in [-0.25, -0.2) is 9.18 Å². The Morgan fingerprint density at radius 1 is 1.43 bits per heavy atom. The molecule has 1 N–H and O–H groups in total. The molecule has 4 heteroatoms. The molecule has 14 heavy (non-hydrogen) atoms. The molecule has 0 fully saturated rings. The molecule has 0 aromatic carbocycles. The molecule has 74 valence electrons. The van der Waals surface area contributed by atoms with Crippen LogP contribution < -0.4 is 0 Å². The lowest BCUT2D eigenvalue weighted by molar-refractivity contribution is -0.132. The van der Waals surface area contributed by atoms with E-state index in [9.17, 15) is 9.18 Å². The molecule has 1 heterocycles. The topological polar surface area (TPSA) is 50.2 Å². The van der Waals surface area contributed by atoms with Crippen LogP contribution in [0.1, 0.15) is 19.5 Å². The van der Waals surface area contributed by atoms with Crippen LogP contribution in [0.15, 0.2) is 23.9 Å². The number of rotatable bonds is 2. The summed E-state index contributed by atoms with van der Waals surface area (Å²) in [6.07, 6.45) is 1.06. The van der Waals surface area contributed by atoms with Crippen molar-refractivity contribution in [3.63, 3.8) is 0 Å². The number of nitrogens with zero attached hydrogens (tertiary/aromatic N) is 1. The monoisotopic (exact) mass is 195 g/mol. The van der Waals surface area contributed by atoms with Gasteiger partial charge in [-0.05, 0) is 31.6 Å². The van der Waals surface area contributed by atoms with Crippen LogP contribution in [0.4, 0.5) is 4.39 Å². The molecule has 0 spiro atoms. The van der Waals surface area contributed by atoms with E-state index in [4.69, 9.17) is 5.11 Å². The first-order valence-corrected chi connectivity index (χ1v) is 4.05. The smallest absolute Gasteiger partial charge is 0.331 e. The largest absolute Gasteiger partial charge is 0.478 e. The lowest BCUT2D eigenvalue weighted by atomic mass is 10.1. The van der Waals surface area contributed by atoms with Crippen molar-refractivity contribution in [2.45, 2.75) is 13.8 Å². The molecule has 0 aliphatic heterocycles. The number of allylic oxidation sites excluding steroid dienone is 1. The summed E-state index contributed by atoms with van der Waals surface area (Å²) in [5.74, 6) is -1.43. The molecule has 0 bridgehead atoms. The van der Waals surface area contributed by atoms with E-state index in [0.717, 1.165) is 6.20 Å². The Bertz CT molecular complexity index is 382. The van der Waals surface area contributed by atoms with Crippen LogP contribution in [0, 0.1) is 5.82 Å². The van der Waals surface area contributed by atoms with Crippen LogP contribution in [-0.4, -0.2) is 16.1 Å². The van der Waals surface area contributed by atoms with Gasteiger partial charge in [0.05, 0.1) is 11.9 Å². The average molecular weight is 195 g/mol. The fourth-order valence-corrected chi connectivity index (χ4v) is 0.950. The Hall–Kier alpha value is -1.71. The predicted octanol–water partition coefficient (Wildman–Crippen LogP) is 2.10. The van der Waals surface area contributed by atoms with Crippen molar-refractivity contribution in [2.75, 3.05) is 0 Å². The first kappa shape index (κ1) is 10.4. The second-order valence-corrected chi connectivity index (χ2v) is 2.92. The summed E-state index contributed by atoms with van der Waals surface area (Å²) in [5.41, 5.74) is 1.23. The van der Waals surface area contributed by atoms with E-state index >= 15 is 0 Å². The zero-order chi connectivity index (χ0) is 10.7. The van der Waals surface area contributed by atoms with Crippen molar-refractivity contribution >= 4 is 11.5 Å². The fourth-order valence-electron chi connectivity index (χ4n) is 0.950. The molecular formula is C10H10FNO2. The minimum atomic E-state index is -0.992. The predicted molar refractivity (Wildman–Crippen MR) is 50.1 cm³/mol. The zero-order valence-corrected chi connectivity index (χ0v) is 7.91. The maximum atomic E-state index is 12.5. The molecule has 0 amide bonds. The maximum Gasteiger partial charge on any atom is 0.331 e. The van der Waals surface area contributed by atoms with Crippen LogP contribution in [-0.2, 0) is 4.79 Å². The van der Waals surface area contributed by atoms with E-state index < -0.39 is 11.8 Å². The zero-order valence-electron chi connectivity index (χ0n) is 7.91. The van der Waals surface area contributed by atoms with Crippen molar-refractivity contribution in [1.82, 2.24) is 4.98 Å². The summed E-state index contributed by atoms with van der Waals surface area (Å²) in [6.45, 7) is 3.13. The van der Waals surface area contributed by atoms with Gasteiger partial charge in [0.25, 0.3) is 0 Å². The number of carboxylic acids is 1. The fraction of sp³-hybridized carbons (Fsp3) is 0.200. The van der Waals surface area contributed by atoms with E-state index in [0.29, 0.717) is 11.3 Å². The van der Waals surface area contributed by atoms with Gasteiger partial charge in [0.1, 0.15) is 5.82 Å². The lowest BCUT2D eigenvalue weighted by Crippen LogP contribution is -2.00. The van der Waals surface area contributed by atoms with Gasteiger partial charge >= 0.3 is 5.97 Å². The van der Waals surface area contributed by atoms with Gasteiger partial charge in [-0.3, -0.25) is 4.98 Å². The number of carbonyl (C=O) groups is 1. The number of aliphatic carboxylic acids is 1. The third-order valence-corrected chi connectivity index (χ3v) is 1.99. The Balaban J connectivity index is 3.12. The number of halogens is 1. The highest BCUT2D eigenvalue weighted by Crippen LogP contribution is 2.15. The number of aromatic nitrogens is 1. The average Bonchev–Trinajstić information content (AvgIpc) is 2.16. The molecule has 0 aliphatic carbocycles. The van der Waals surface area contributed by atoms with Crippen LogP contribution in [0.25, 0.3) is 5.57 Å². The summed E-state index contributed by atoms with van der Waals surface area (Å²) >= 11 is 0. The summed E-state index contributed by atoms with van der Waals surface area (Å²) in [7, 11) is 0. The molecule has 1 rings (SSSR count). The number of pyridine rings is 1. The first-order valence-electron chi connectivity index (χ1n) is 4.05. The van der Waals surface area contributed by atoms with Crippen molar-refractivity contribution < 1.29 is 14.3 Å². The standard InChI is InChI=1S/C10H10FNO2/c1-6(7(2)10(13)14)9-4-3-8(11)5-12-9/h3-5H,1-2H3,(H,13,14)/b7-6+. The summed E-state index contributed by atoms with van der Waals surface area (Å²) in [6, 6.07) is 2.71. The van der Waals surface area contributed by atoms with E-state index in [-0.39, 0.29) is 5.57 Å². The van der Waals surface area contributed by atoms with E-state index in [1.807, 2.05) is 0 Å². The molecule has 0 saturated heterocycles. The summed E-state index contributed by atoms with van der Waals surface area (Å²) < 4.78 is 12.5. The highest BCUT2D eigenvalue weighted by Gasteiger charge is 2.07. The van der Waals surface area contributed by atoms with Gasteiger partial charge in [0, 0.05) is 5.57 Å². The number of carboxylic acid groups (broad SMARTS) is 1. The minimum absolute atomic E-state index is 0.212. The van der Waals surface area contributed by atoms with Crippen molar-refractivity contribution in [3.05, 3.63) is 35.4 Å². The van der Waals surface area contributed by atoms with Crippen molar-refractivity contribution in [1.29, 1.82) is 0 Å². The van der Waals surface area contributed by atoms with E-state index in [1.165, 1.54) is 19.1 Å². The molecule has 1 aromatic heterocycles. The van der Waals surface area contributed by atoms with Crippen molar-refractivity contribution in [2.24, 2.45) is 0 Å². The highest BCUT2D eigenvalue weighted by atomic mass is 19.1. The van der Waals surface area contributed by atoms with Crippen molar-refractivity contribution in [3.8, 4) is 0 Å². The van der Waals surface area contributed by atoms with E-state index in [2.05, 4.69) is 4.98 Å². The Morgan fingerprint density at radius 2 is 2.07 bits per heavy atom. The number of hydrogen-bond acceptors (Lipinski definition) is 2. The normalized spacial score (nSPS) is 12.2. The van der Waals surface area contributed by atoms with E-state index in [1.54, 1.807) is 6.92 Å². The number of hydrogen-bond donors (Lipinski definition) is 1. The third kappa shape index (κ3) is 2.16. The molecule has 0 unspecified atom stereocenters. The van der Waals surface area contributed by atoms with Gasteiger partial charge in [0.15, 0.2) is 0 Å². The van der Waals surface area contributed by atoms with Crippen LogP contribution in [0.3, 0.4) is 0 Å². The van der Waals surface area contributed by atoms with Crippen LogP contribution in [0.5, 0.6) is 0 Å². The molecule has 3 nitrogen and oxygen atoms in total. The molecule has 1 aromatic rings. The third-order valence-electron chi connectivity index (χ3n) is 1.99. The second kappa shape index (κ2) is 4.00. The second-order valence-electron chi connectivity index (χ2n) is 2.92. The Kier molecular flexibility index (Phi) is 2.96. The maximum absolute atomic E-state index is 12.5. The summed E-state index contributed by atoms with van der Waals surface area (Å²) in [5, 5.41) is 8.71. The van der Waals surface area contributed by atoms with Gasteiger partial charge in [0.2, 0.25) is 0 Å². The lowest BCUT2D eigenvalue weighted by Gasteiger charge is -2.02. The molecule has 0 radical (unpaired) electrons. The first-order chi connectivity index (χ1) is 6.52. The van der Waals surface area contributed by atoms with Crippen LogP contribution in [0.2, 0.25) is 0 Å². The Labute approximate surface area is 80.9 Å². The van der Waals surface area contributed by atoms with Gasteiger partial charge in [-0.2, -0.15) is 0 Å². The van der Waals surface area contributed by atoms with Gasteiger partial charge < -0.3 is 5.11 Å². The van der Waals surface area contributed by atoms with Gasteiger partial charge in [-0.1, -0.05) is 0 Å². The van der Waals surface area contributed by atoms with Crippen LogP contribution >= 0.6 is 0 Å². The Morgan fingerprint density at radius 3 is 2.50 bits per heavy atom. The summed E-state index contributed by atoms with van der Waals surface area (Å²) in [4.78, 5) is 14.4. The van der Waals surface area contributed by atoms with Gasteiger partial charge in [-0.15, -0.1) is 0 Å². The molecular weight excluding hydrogens is 185 g/mol. The minimum Gasteiger partial charge on any atom is -0.478 e.